The lowest BCUT2D eigenvalue weighted by Gasteiger charge is -2.33. The van der Waals surface area contributed by atoms with Crippen LogP contribution in [0.4, 0.5) is 0 Å². The molecule has 6 heteroatoms. The van der Waals surface area contributed by atoms with Gasteiger partial charge in [0.05, 0.1) is 30.2 Å². The summed E-state index contributed by atoms with van der Waals surface area (Å²) in [5.41, 5.74) is 3.51. The Bertz CT molecular complexity index is 879. The van der Waals surface area contributed by atoms with Crippen molar-refractivity contribution in [1.29, 1.82) is 0 Å². The number of nitrogens with zero attached hydrogens (tertiary/aromatic N) is 3. The SMILES string of the molecule is O=C(c1cn[nH]c1-c1ccncc1)N1CCO[C@H](CCc2ccccc2)C1. The van der Waals surface area contributed by atoms with Crippen LogP contribution in [0.3, 0.4) is 0 Å². The second-order valence-corrected chi connectivity index (χ2v) is 6.66. The van der Waals surface area contributed by atoms with E-state index in [0.29, 0.717) is 25.3 Å². The molecule has 1 fully saturated rings. The van der Waals surface area contributed by atoms with Crippen LogP contribution in [0.5, 0.6) is 0 Å². The largest absolute Gasteiger partial charge is 0.375 e. The van der Waals surface area contributed by atoms with E-state index in [1.54, 1.807) is 18.6 Å². The van der Waals surface area contributed by atoms with Gasteiger partial charge in [0.25, 0.3) is 5.91 Å². The highest BCUT2D eigenvalue weighted by Gasteiger charge is 2.27. The predicted molar refractivity (Wildman–Crippen MR) is 102 cm³/mol. The monoisotopic (exact) mass is 362 g/mol. The minimum absolute atomic E-state index is 0.0106. The molecular weight excluding hydrogens is 340 g/mol. The number of nitrogens with one attached hydrogen (secondary N) is 1. The standard InChI is InChI=1S/C21H22N4O2/c26-21(19-14-23-24-20(19)17-8-10-22-11-9-17)25-12-13-27-18(15-25)7-6-16-4-2-1-3-5-16/h1-5,8-11,14,18H,6-7,12-13,15H2,(H,23,24)/t18-/m1/s1. The first-order chi connectivity index (χ1) is 13.3. The van der Waals surface area contributed by atoms with Crippen LogP contribution in [0, 0.1) is 0 Å². The number of ether oxygens (including phenoxy) is 1. The number of morpholine rings is 1. The molecule has 1 aliphatic rings. The van der Waals surface area contributed by atoms with E-state index in [0.717, 1.165) is 24.1 Å². The minimum Gasteiger partial charge on any atom is -0.375 e. The zero-order valence-corrected chi connectivity index (χ0v) is 15.0. The van der Waals surface area contributed by atoms with Gasteiger partial charge in [-0.2, -0.15) is 5.10 Å². The Hall–Kier alpha value is -2.99. The number of aromatic amines is 1. The number of carbonyl (C=O) groups excluding carboxylic acids is 1. The summed E-state index contributed by atoms with van der Waals surface area (Å²) in [6.07, 6.45) is 6.92. The Morgan fingerprint density at radius 2 is 2.00 bits per heavy atom. The van der Waals surface area contributed by atoms with Crippen molar-refractivity contribution in [1.82, 2.24) is 20.1 Å². The summed E-state index contributed by atoms with van der Waals surface area (Å²) in [6.45, 7) is 1.77. The maximum Gasteiger partial charge on any atom is 0.257 e. The molecule has 0 unspecified atom stereocenters. The van der Waals surface area contributed by atoms with E-state index in [1.165, 1.54) is 5.56 Å². The number of hydrogen-bond acceptors (Lipinski definition) is 4. The first-order valence-electron chi connectivity index (χ1n) is 9.20. The lowest BCUT2D eigenvalue weighted by Crippen LogP contribution is -2.45. The average Bonchev–Trinajstić information content (AvgIpc) is 3.23. The maximum absolute atomic E-state index is 13.1. The topological polar surface area (TPSA) is 71.1 Å². The van der Waals surface area contributed by atoms with E-state index in [9.17, 15) is 4.79 Å². The van der Waals surface area contributed by atoms with Crippen molar-refractivity contribution in [2.45, 2.75) is 18.9 Å². The van der Waals surface area contributed by atoms with Crippen LogP contribution in [-0.4, -0.2) is 51.8 Å². The fourth-order valence-electron chi connectivity index (χ4n) is 3.41. The van der Waals surface area contributed by atoms with Crippen LogP contribution in [0.2, 0.25) is 0 Å². The summed E-state index contributed by atoms with van der Waals surface area (Å²) in [6, 6.07) is 14.1. The van der Waals surface area contributed by atoms with Gasteiger partial charge >= 0.3 is 0 Å². The van der Waals surface area contributed by atoms with Gasteiger partial charge in [0.1, 0.15) is 0 Å². The third-order valence-electron chi connectivity index (χ3n) is 4.86. The third kappa shape index (κ3) is 4.06. The molecule has 4 rings (SSSR count). The highest BCUT2D eigenvalue weighted by molar-refractivity contribution is 5.99. The quantitative estimate of drug-likeness (QED) is 0.757. The molecule has 0 saturated carbocycles. The molecular formula is C21H22N4O2. The molecule has 2 aromatic heterocycles. The molecule has 0 spiro atoms. The van der Waals surface area contributed by atoms with Gasteiger partial charge in [-0.25, -0.2) is 0 Å². The van der Waals surface area contributed by atoms with Gasteiger partial charge in [0.2, 0.25) is 0 Å². The van der Waals surface area contributed by atoms with Gasteiger partial charge in [-0.15, -0.1) is 0 Å². The number of pyridine rings is 1. The molecule has 0 aliphatic carbocycles. The molecule has 0 bridgehead atoms. The summed E-state index contributed by atoms with van der Waals surface area (Å²) in [4.78, 5) is 19.0. The maximum atomic E-state index is 13.1. The number of aryl methyl sites for hydroxylation is 1. The van der Waals surface area contributed by atoms with E-state index >= 15 is 0 Å². The summed E-state index contributed by atoms with van der Waals surface area (Å²) in [5, 5.41) is 7.03. The molecule has 3 aromatic rings. The number of rotatable bonds is 5. The fourth-order valence-corrected chi connectivity index (χ4v) is 3.41. The number of carbonyl (C=O) groups is 1. The van der Waals surface area contributed by atoms with Crippen LogP contribution in [0.15, 0.2) is 61.1 Å². The Morgan fingerprint density at radius 1 is 1.19 bits per heavy atom. The second kappa shape index (κ2) is 8.14. The predicted octanol–water partition coefficient (Wildman–Crippen LogP) is 2.95. The van der Waals surface area contributed by atoms with Crippen LogP contribution in [0.25, 0.3) is 11.3 Å². The number of benzene rings is 1. The van der Waals surface area contributed by atoms with E-state index in [4.69, 9.17) is 4.74 Å². The van der Waals surface area contributed by atoms with E-state index < -0.39 is 0 Å². The zero-order chi connectivity index (χ0) is 18.5. The minimum atomic E-state index is -0.0106. The zero-order valence-electron chi connectivity index (χ0n) is 15.0. The molecule has 1 saturated heterocycles. The number of H-pyrrole nitrogens is 1. The normalized spacial score (nSPS) is 17.0. The summed E-state index contributed by atoms with van der Waals surface area (Å²) in [7, 11) is 0. The first kappa shape index (κ1) is 17.4. The van der Waals surface area contributed by atoms with E-state index in [-0.39, 0.29) is 12.0 Å². The molecule has 1 aromatic carbocycles. The molecule has 1 N–H and O–H groups in total. The molecule has 0 radical (unpaired) electrons. The van der Waals surface area contributed by atoms with Gasteiger partial charge in [0, 0.05) is 31.0 Å². The highest BCUT2D eigenvalue weighted by Crippen LogP contribution is 2.23. The van der Waals surface area contributed by atoms with Gasteiger partial charge in [-0.3, -0.25) is 14.9 Å². The second-order valence-electron chi connectivity index (χ2n) is 6.66. The first-order valence-corrected chi connectivity index (χ1v) is 9.20. The molecule has 1 atom stereocenters. The van der Waals surface area contributed by atoms with Crippen LogP contribution in [-0.2, 0) is 11.2 Å². The average molecular weight is 362 g/mol. The lowest BCUT2D eigenvalue weighted by molar-refractivity contribution is -0.0245. The van der Waals surface area contributed by atoms with Gasteiger partial charge in [0.15, 0.2) is 0 Å². The number of aromatic nitrogens is 3. The van der Waals surface area contributed by atoms with Crippen molar-refractivity contribution < 1.29 is 9.53 Å². The summed E-state index contributed by atoms with van der Waals surface area (Å²) in [5.74, 6) is -0.0106. The molecule has 6 nitrogen and oxygen atoms in total. The summed E-state index contributed by atoms with van der Waals surface area (Å²) >= 11 is 0. The Labute approximate surface area is 158 Å². The lowest BCUT2D eigenvalue weighted by atomic mass is 10.0. The Kier molecular flexibility index (Phi) is 5.25. The molecule has 27 heavy (non-hydrogen) atoms. The number of hydrogen-bond donors (Lipinski definition) is 1. The summed E-state index contributed by atoms with van der Waals surface area (Å²) < 4.78 is 5.89. The van der Waals surface area contributed by atoms with Crippen LogP contribution < -0.4 is 0 Å². The molecule has 1 amide bonds. The Morgan fingerprint density at radius 3 is 2.81 bits per heavy atom. The van der Waals surface area contributed by atoms with Gasteiger partial charge in [-0.05, 0) is 30.5 Å². The van der Waals surface area contributed by atoms with Crippen LogP contribution >= 0.6 is 0 Å². The van der Waals surface area contributed by atoms with Crippen molar-refractivity contribution in [2.75, 3.05) is 19.7 Å². The third-order valence-corrected chi connectivity index (χ3v) is 4.86. The van der Waals surface area contributed by atoms with Gasteiger partial charge in [-0.1, -0.05) is 30.3 Å². The van der Waals surface area contributed by atoms with Crippen molar-refractivity contribution in [3.63, 3.8) is 0 Å². The van der Waals surface area contributed by atoms with Crippen molar-refractivity contribution in [2.24, 2.45) is 0 Å². The smallest absolute Gasteiger partial charge is 0.257 e. The Balaban J connectivity index is 1.43. The van der Waals surface area contributed by atoms with Crippen LogP contribution in [0.1, 0.15) is 22.3 Å². The van der Waals surface area contributed by atoms with Gasteiger partial charge < -0.3 is 9.64 Å². The highest BCUT2D eigenvalue weighted by atomic mass is 16.5. The molecule has 138 valence electrons. The fraction of sp³-hybridized carbons (Fsp3) is 0.286. The van der Waals surface area contributed by atoms with E-state index in [1.807, 2.05) is 35.2 Å². The number of amides is 1. The van der Waals surface area contributed by atoms with Crippen molar-refractivity contribution >= 4 is 5.91 Å². The van der Waals surface area contributed by atoms with Crippen molar-refractivity contribution in [3.05, 3.63) is 72.2 Å². The van der Waals surface area contributed by atoms with E-state index in [2.05, 4.69) is 27.3 Å². The van der Waals surface area contributed by atoms with Crippen molar-refractivity contribution in [3.8, 4) is 11.3 Å². The molecule has 1 aliphatic heterocycles. The molecule has 3 heterocycles.